The van der Waals surface area contributed by atoms with E-state index in [2.05, 4.69) is 12.1 Å². The second-order valence-corrected chi connectivity index (χ2v) is 7.59. The first kappa shape index (κ1) is 21.4. The molecule has 0 radical (unpaired) electrons. The summed E-state index contributed by atoms with van der Waals surface area (Å²) in [4.78, 5) is 16.0. The Bertz CT molecular complexity index is 1070. The zero-order valence-electron chi connectivity index (χ0n) is 18.2. The van der Waals surface area contributed by atoms with Crippen molar-refractivity contribution in [3.8, 4) is 5.75 Å². The molecule has 160 valence electrons. The van der Waals surface area contributed by atoms with Crippen molar-refractivity contribution in [2.24, 2.45) is 0 Å². The highest BCUT2D eigenvalue weighted by Crippen LogP contribution is 2.31. The molecular weight excluding hydrogens is 394 g/mol. The van der Waals surface area contributed by atoms with Crippen molar-refractivity contribution < 1.29 is 9.53 Å². The predicted molar refractivity (Wildman–Crippen MR) is 130 cm³/mol. The summed E-state index contributed by atoms with van der Waals surface area (Å²) < 4.78 is 5.60. The van der Waals surface area contributed by atoms with Gasteiger partial charge in [-0.15, -0.1) is 0 Å². The van der Waals surface area contributed by atoms with Gasteiger partial charge in [0.2, 0.25) is 5.91 Å². The van der Waals surface area contributed by atoms with Gasteiger partial charge < -0.3 is 9.64 Å². The fourth-order valence-electron chi connectivity index (χ4n) is 3.88. The Morgan fingerprint density at radius 2 is 1.22 bits per heavy atom. The van der Waals surface area contributed by atoms with Crippen LogP contribution in [-0.2, 0) is 11.3 Å². The van der Waals surface area contributed by atoms with Crippen molar-refractivity contribution in [2.45, 2.75) is 19.4 Å². The third-order valence-electron chi connectivity index (χ3n) is 5.42. The van der Waals surface area contributed by atoms with E-state index in [1.54, 1.807) is 0 Å². The van der Waals surface area contributed by atoms with E-state index in [-0.39, 0.29) is 5.91 Å². The summed E-state index contributed by atoms with van der Waals surface area (Å²) in [6, 6.07) is 37.8. The lowest BCUT2D eigenvalue weighted by molar-refractivity contribution is -0.119. The third kappa shape index (κ3) is 5.06. The number of carbonyl (C=O) groups excluding carboxylic acids is 1. The molecular formula is C29H27NO2. The normalized spacial score (nSPS) is 10.7. The first-order valence-corrected chi connectivity index (χ1v) is 10.9. The molecule has 0 N–H and O–H groups in total. The molecule has 4 aromatic carbocycles. The van der Waals surface area contributed by atoms with Crippen LogP contribution in [0.5, 0.6) is 5.75 Å². The Morgan fingerprint density at radius 1 is 0.719 bits per heavy atom. The minimum absolute atomic E-state index is 0.0374. The van der Waals surface area contributed by atoms with Crippen molar-refractivity contribution >= 4 is 11.6 Å². The van der Waals surface area contributed by atoms with Gasteiger partial charge >= 0.3 is 0 Å². The predicted octanol–water partition coefficient (Wildman–Crippen LogP) is 6.45. The zero-order valence-corrected chi connectivity index (χ0v) is 18.2. The fraction of sp³-hybridized carbons (Fsp3) is 0.138. The average Bonchev–Trinajstić information content (AvgIpc) is 2.85. The van der Waals surface area contributed by atoms with Gasteiger partial charge in [0.15, 0.2) is 0 Å². The van der Waals surface area contributed by atoms with Crippen molar-refractivity contribution in [3.63, 3.8) is 0 Å². The molecule has 0 aromatic heterocycles. The van der Waals surface area contributed by atoms with Crippen LogP contribution in [0.4, 0.5) is 5.69 Å². The molecule has 0 unspecified atom stereocenters. The summed E-state index contributed by atoms with van der Waals surface area (Å²) in [5, 5.41) is 0. The van der Waals surface area contributed by atoms with Gasteiger partial charge in [-0.3, -0.25) is 4.79 Å². The summed E-state index contributed by atoms with van der Waals surface area (Å²) in [6.45, 7) is 3.06. The van der Waals surface area contributed by atoms with Crippen LogP contribution >= 0.6 is 0 Å². The average molecular weight is 422 g/mol. The minimum Gasteiger partial charge on any atom is -0.494 e. The Hall–Kier alpha value is -3.85. The maximum absolute atomic E-state index is 14.2. The number of anilines is 1. The molecule has 0 atom stereocenters. The number of benzene rings is 4. The van der Waals surface area contributed by atoms with E-state index in [1.807, 2.05) is 115 Å². The first-order chi connectivity index (χ1) is 15.8. The maximum atomic E-state index is 14.2. The van der Waals surface area contributed by atoms with Gasteiger partial charge in [-0.05, 0) is 47.9 Å². The van der Waals surface area contributed by atoms with Gasteiger partial charge in [-0.1, -0.05) is 91.0 Å². The number of carbonyl (C=O) groups is 1. The van der Waals surface area contributed by atoms with Gasteiger partial charge in [0.25, 0.3) is 0 Å². The minimum atomic E-state index is -0.396. The molecule has 3 nitrogen and oxygen atoms in total. The largest absolute Gasteiger partial charge is 0.494 e. The highest BCUT2D eigenvalue weighted by atomic mass is 16.5. The third-order valence-corrected chi connectivity index (χ3v) is 5.42. The van der Waals surface area contributed by atoms with Gasteiger partial charge in [-0.25, -0.2) is 0 Å². The van der Waals surface area contributed by atoms with Crippen molar-refractivity contribution in [1.29, 1.82) is 0 Å². The quantitative estimate of drug-likeness (QED) is 0.327. The molecule has 32 heavy (non-hydrogen) atoms. The number of rotatable bonds is 8. The molecule has 1 amide bonds. The van der Waals surface area contributed by atoms with E-state index in [4.69, 9.17) is 4.74 Å². The van der Waals surface area contributed by atoms with Crippen LogP contribution < -0.4 is 9.64 Å². The molecule has 3 heteroatoms. The first-order valence-electron chi connectivity index (χ1n) is 10.9. The van der Waals surface area contributed by atoms with E-state index in [1.165, 1.54) is 0 Å². The second-order valence-electron chi connectivity index (χ2n) is 7.59. The molecule has 0 spiro atoms. The topological polar surface area (TPSA) is 29.5 Å². The van der Waals surface area contributed by atoms with Crippen LogP contribution in [0.25, 0.3) is 0 Å². The smallest absolute Gasteiger partial charge is 0.239 e. The maximum Gasteiger partial charge on any atom is 0.239 e. The summed E-state index contributed by atoms with van der Waals surface area (Å²) in [5.41, 5.74) is 3.88. The molecule has 0 aliphatic rings. The summed E-state index contributed by atoms with van der Waals surface area (Å²) in [5.74, 6) is 0.439. The van der Waals surface area contributed by atoms with Crippen molar-refractivity contribution in [2.75, 3.05) is 11.5 Å². The van der Waals surface area contributed by atoms with Crippen LogP contribution in [0.3, 0.4) is 0 Å². The standard InChI is InChI=1S/C29H27NO2/c1-2-32-27-20-18-26(19-21-27)30(22-23-12-6-3-7-13-23)29(31)28(24-14-8-4-9-15-24)25-16-10-5-11-17-25/h3-21,28H,2,22H2,1H3. The van der Waals surface area contributed by atoms with Crippen molar-refractivity contribution in [3.05, 3.63) is 132 Å². The zero-order chi connectivity index (χ0) is 22.2. The number of nitrogens with zero attached hydrogens (tertiary/aromatic N) is 1. The number of hydrogen-bond acceptors (Lipinski definition) is 2. The lowest BCUT2D eigenvalue weighted by Gasteiger charge is -2.28. The Labute approximate surface area is 189 Å². The van der Waals surface area contributed by atoms with E-state index in [0.29, 0.717) is 13.2 Å². The SMILES string of the molecule is CCOc1ccc(N(Cc2ccccc2)C(=O)C(c2ccccc2)c2ccccc2)cc1. The molecule has 0 aliphatic carbocycles. The van der Waals surface area contributed by atoms with Crippen LogP contribution in [0.15, 0.2) is 115 Å². The highest BCUT2D eigenvalue weighted by molar-refractivity contribution is 6.00. The monoisotopic (exact) mass is 421 g/mol. The van der Waals surface area contributed by atoms with Gasteiger partial charge in [0, 0.05) is 5.69 Å². The van der Waals surface area contributed by atoms with Gasteiger partial charge in [0.05, 0.1) is 19.1 Å². The summed E-state index contributed by atoms with van der Waals surface area (Å²) in [6.07, 6.45) is 0. The summed E-state index contributed by atoms with van der Waals surface area (Å²) >= 11 is 0. The molecule has 0 heterocycles. The number of ether oxygens (including phenoxy) is 1. The van der Waals surface area contributed by atoms with Crippen molar-refractivity contribution in [1.82, 2.24) is 0 Å². The van der Waals surface area contributed by atoms with Gasteiger partial charge in [0.1, 0.15) is 5.75 Å². The van der Waals surface area contributed by atoms with E-state index in [9.17, 15) is 4.79 Å². The van der Waals surface area contributed by atoms with Gasteiger partial charge in [-0.2, -0.15) is 0 Å². The molecule has 0 bridgehead atoms. The molecule has 4 aromatic rings. The van der Waals surface area contributed by atoms with Crippen LogP contribution in [0, 0.1) is 0 Å². The molecule has 0 saturated heterocycles. The molecule has 0 aliphatic heterocycles. The van der Waals surface area contributed by atoms with E-state index >= 15 is 0 Å². The number of hydrogen-bond donors (Lipinski definition) is 0. The highest BCUT2D eigenvalue weighted by Gasteiger charge is 2.28. The summed E-state index contributed by atoms with van der Waals surface area (Å²) in [7, 11) is 0. The molecule has 4 rings (SSSR count). The Kier molecular flexibility index (Phi) is 6.98. The number of amides is 1. The Morgan fingerprint density at radius 3 is 1.72 bits per heavy atom. The van der Waals surface area contributed by atoms with Crippen LogP contribution in [0.2, 0.25) is 0 Å². The lowest BCUT2D eigenvalue weighted by atomic mass is 9.89. The molecule has 0 saturated carbocycles. The van der Waals surface area contributed by atoms with Crippen LogP contribution in [-0.4, -0.2) is 12.5 Å². The molecule has 0 fully saturated rings. The fourth-order valence-corrected chi connectivity index (χ4v) is 3.88. The lowest BCUT2D eigenvalue weighted by Crippen LogP contribution is -2.35. The Balaban J connectivity index is 1.76. The second kappa shape index (κ2) is 10.5. The van der Waals surface area contributed by atoms with E-state index in [0.717, 1.165) is 28.1 Å². The van der Waals surface area contributed by atoms with Crippen LogP contribution in [0.1, 0.15) is 29.5 Å². The van der Waals surface area contributed by atoms with E-state index < -0.39 is 5.92 Å².